The van der Waals surface area contributed by atoms with Crippen LogP contribution in [0, 0.1) is 0 Å². The molecule has 8 nitrogen and oxygen atoms in total. The Morgan fingerprint density at radius 3 is 1.80 bits per heavy atom. The number of ether oxygens (including phenoxy) is 6. The van der Waals surface area contributed by atoms with E-state index in [1.54, 1.807) is 55.1 Å². The van der Waals surface area contributed by atoms with E-state index in [4.69, 9.17) is 28.4 Å². The summed E-state index contributed by atoms with van der Waals surface area (Å²) in [6.45, 7) is 2.48. The Labute approximate surface area is 209 Å². The van der Waals surface area contributed by atoms with E-state index in [0.29, 0.717) is 28.2 Å². The van der Waals surface area contributed by atoms with E-state index in [0.717, 1.165) is 12.1 Å². The monoisotopic (exact) mass is 691 g/mol. The van der Waals surface area contributed by atoms with Crippen molar-refractivity contribution in [2.45, 2.75) is 50.3 Å². The molecule has 0 saturated carbocycles. The van der Waals surface area contributed by atoms with Crippen molar-refractivity contribution < 1.29 is 37.9 Å². The van der Waals surface area contributed by atoms with E-state index < -0.39 is 0 Å². The molecule has 0 aliphatic carbocycles. The van der Waals surface area contributed by atoms with Crippen molar-refractivity contribution in [2.24, 2.45) is 0 Å². The summed E-state index contributed by atoms with van der Waals surface area (Å²) in [6, 6.07) is 0. The molecule has 5 unspecified atom stereocenters. The van der Waals surface area contributed by atoms with Gasteiger partial charge in [-0.1, -0.05) is 6.92 Å². The van der Waals surface area contributed by atoms with E-state index in [1.807, 2.05) is 6.92 Å². The summed E-state index contributed by atoms with van der Waals surface area (Å²) in [7, 11) is 10.5. The van der Waals surface area contributed by atoms with Gasteiger partial charge in [-0.05, 0) is 6.42 Å². The number of aromatic nitrogens is 2. The van der Waals surface area contributed by atoms with E-state index in [-0.39, 0.29) is 30.5 Å². The number of methoxy groups -OCH3 is 6. The van der Waals surface area contributed by atoms with Gasteiger partial charge >= 0.3 is 49.4 Å². The summed E-state index contributed by atoms with van der Waals surface area (Å²) >= 11 is 4.74. The molecule has 1 aromatic rings. The molecule has 1 rings (SSSR count). The molecule has 5 atom stereocenters. The summed E-state index contributed by atoms with van der Waals surface area (Å²) in [5, 5.41) is 0. The number of halogens is 2. The van der Waals surface area contributed by atoms with Crippen molar-refractivity contribution >= 4 is 40.0 Å². The minimum atomic E-state index is -0.375. The van der Waals surface area contributed by atoms with Crippen LogP contribution in [-0.4, -0.2) is 83.6 Å². The molecule has 0 fully saturated rings. The average Bonchev–Trinajstić information content (AvgIpc) is 2.77. The van der Waals surface area contributed by atoms with E-state index in [9.17, 15) is 0 Å². The molecule has 0 aromatic carbocycles. The van der Waals surface area contributed by atoms with Gasteiger partial charge in [0, 0.05) is 55.3 Å². The third-order valence-electron chi connectivity index (χ3n) is 4.67. The summed E-state index contributed by atoms with van der Waals surface area (Å²) in [4.78, 5) is 9.06. The van der Waals surface area contributed by atoms with Crippen LogP contribution in [0.4, 0.5) is 0 Å². The SMILES string of the molecule is CCC(OC)C(OC)C(OC)c1cnc(CC(OC)C(COC)OC)cn1.[I][V][I]. The Bertz CT molecular complexity index is 528. The molecule has 0 radical (unpaired) electrons. The average molecular weight is 691 g/mol. The van der Waals surface area contributed by atoms with Crippen LogP contribution in [0.2, 0.25) is 0 Å². The molecule has 30 heavy (non-hydrogen) atoms. The van der Waals surface area contributed by atoms with Gasteiger partial charge in [0.05, 0.1) is 36.4 Å². The Morgan fingerprint density at radius 1 is 0.833 bits per heavy atom. The molecule has 0 N–H and O–H groups in total. The van der Waals surface area contributed by atoms with E-state index >= 15 is 0 Å². The van der Waals surface area contributed by atoms with Gasteiger partial charge in [-0.15, -0.1) is 0 Å². The molecule has 1 heterocycles. The topological polar surface area (TPSA) is 81.2 Å². The van der Waals surface area contributed by atoms with E-state index in [2.05, 4.69) is 49.9 Å². The Hall–Kier alpha value is 0.884. The fourth-order valence-corrected chi connectivity index (χ4v) is 3.11. The quantitative estimate of drug-likeness (QED) is 0.274. The van der Waals surface area contributed by atoms with Gasteiger partial charge in [0.2, 0.25) is 0 Å². The molecule has 0 spiro atoms. The van der Waals surface area contributed by atoms with Crippen molar-refractivity contribution in [1.29, 1.82) is 0 Å². The van der Waals surface area contributed by atoms with E-state index in [1.165, 1.54) is 0 Å². The molecule has 0 bridgehead atoms. The number of hydrogen-bond donors (Lipinski definition) is 0. The van der Waals surface area contributed by atoms with Crippen LogP contribution in [0.25, 0.3) is 0 Å². The standard InChI is InChI=1S/C19H34N2O6.2HI.V/c1-8-15(23-3)19(27-7)18(26-6)14-11-20-13(10-21-14)9-16(24-4)17(25-5)12-22-2;;;/h10-11,15-19H,8-9,12H2,1-7H3;2*1H;/q;;;+2/p-2. The molecule has 0 saturated heterocycles. The molecular weight excluding hydrogens is 657 g/mol. The van der Waals surface area contributed by atoms with Gasteiger partial charge in [-0.2, -0.15) is 0 Å². The van der Waals surface area contributed by atoms with Crippen molar-refractivity contribution in [3.63, 3.8) is 0 Å². The first-order valence-corrected chi connectivity index (χ1v) is 18.4. The fraction of sp³-hybridized carbons (Fsp3) is 0.789. The zero-order valence-corrected chi connectivity index (χ0v) is 24.4. The van der Waals surface area contributed by atoms with Crippen LogP contribution in [0.3, 0.4) is 0 Å². The predicted molar refractivity (Wildman–Crippen MR) is 129 cm³/mol. The maximum absolute atomic E-state index is 5.64. The van der Waals surface area contributed by atoms with Crippen molar-refractivity contribution in [1.82, 2.24) is 9.97 Å². The molecule has 0 amide bonds. The zero-order valence-electron chi connectivity index (χ0n) is 18.7. The third-order valence-corrected chi connectivity index (χ3v) is 4.67. The van der Waals surface area contributed by atoms with Crippen molar-refractivity contribution in [2.75, 3.05) is 49.3 Å². The summed E-state index contributed by atoms with van der Waals surface area (Å²) in [5.41, 5.74) is 1.49. The Morgan fingerprint density at radius 2 is 1.43 bits per heavy atom. The first-order chi connectivity index (χ1) is 14.5. The van der Waals surface area contributed by atoms with Gasteiger partial charge in [-0.3, -0.25) is 9.97 Å². The van der Waals surface area contributed by atoms with Crippen molar-refractivity contribution in [3.8, 4) is 0 Å². The normalized spacial score (nSPS) is 16.0. The number of hydrogen-bond acceptors (Lipinski definition) is 8. The van der Waals surface area contributed by atoms with Crippen molar-refractivity contribution in [3.05, 3.63) is 23.8 Å². The first-order valence-electron chi connectivity index (χ1n) is 9.37. The Balaban J connectivity index is 0.00000263. The second-order valence-electron chi connectivity index (χ2n) is 6.24. The van der Waals surface area contributed by atoms with Gasteiger partial charge in [-0.25, -0.2) is 0 Å². The third kappa shape index (κ3) is 10.7. The predicted octanol–water partition coefficient (Wildman–Crippen LogP) is 3.59. The van der Waals surface area contributed by atoms with Gasteiger partial charge in [0.15, 0.2) is 0 Å². The van der Waals surface area contributed by atoms with Crippen LogP contribution < -0.4 is 0 Å². The second kappa shape index (κ2) is 19.4. The van der Waals surface area contributed by atoms with Gasteiger partial charge in [0.1, 0.15) is 18.3 Å². The van der Waals surface area contributed by atoms with Gasteiger partial charge in [0.25, 0.3) is 0 Å². The zero-order chi connectivity index (χ0) is 22.9. The maximum atomic E-state index is 5.64. The van der Waals surface area contributed by atoms with Crippen LogP contribution in [0.1, 0.15) is 30.8 Å². The molecule has 1 aromatic heterocycles. The van der Waals surface area contributed by atoms with Crippen LogP contribution in [-0.2, 0) is 44.3 Å². The molecule has 175 valence electrons. The minimum absolute atomic E-state index is 0.101. The second-order valence-corrected chi connectivity index (χ2v) is 18.0. The molecular formula is C19H34I2N2O6V. The number of rotatable bonds is 14. The van der Waals surface area contributed by atoms with Crippen LogP contribution in [0.15, 0.2) is 12.4 Å². The summed E-state index contributed by atoms with van der Waals surface area (Å²) < 4.78 is 32.9. The Kier molecular flexibility index (Phi) is 19.9. The van der Waals surface area contributed by atoms with Crippen LogP contribution in [0.5, 0.6) is 0 Å². The fourth-order valence-electron chi connectivity index (χ4n) is 3.11. The van der Waals surface area contributed by atoms with Crippen LogP contribution >= 0.6 is 40.0 Å². The summed E-state index contributed by atoms with van der Waals surface area (Å²) in [6.07, 6.45) is 3.68. The van der Waals surface area contributed by atoms with Gasteiger partial charge < -0.3 is 28.4 Å². The molecule has 11 heteroatoms. The molecule has 0 aliphatic heterocycles. The first kappa shape index (κ1) is 30.9. The summed E-state index contributed by atoms with van der Waals surface area (Å²) in [5.74, 6) is 0. The number of nitrogens with zero attached hydrogens (tertiary/aromatic N) is 2. The molecule has 0 aliphatic rings.